The molecule has 0 aliphatic carbocycles. The molecule has 86 valence electrons. The Morgan fingerprint density at radius 1 is 1.25 bits per heavy atom. The molecule has 1 aromatic rings. The third-order valence-corrected chi connectivity index (χ3v) is 2.55. The second-order valence-corrected chi connectivity index (χ2v) is 3.84. The molecule has 1 amide bonds. The van der Waals surface area contributed by atoms with E-state index in [0.29, 0.717) is 10.6 Å². The quantitative estimate of drug-likeness (QED) is 0.874. The van der Waals surface area contributed by atoms with Gasteiger partial charge in [-0.05, 0) is 18.2 Å². The van der Waals surface area contributed by atoms with Crippen LogP contribution in [0.15, 0.2) is 18.2 Å². The zero-order chi connectivity index (χ0) is 12.1. The number of amides is 1. The number of nitrogens with one attached hydrogen (secondary N) is 1. The van der Waals surface area contributed by atoms with Crippen molar-refractivity contribution in [2.24, 2.45) is 0 Å². The van der Waals surface area contributed by atoms with E-state index in [2.05, 4.69) is 5.32 Å². The normalized spacial score (nSPS) is 9.88. The number of hydrogen-bond acceptors (Lipinski definition) is 2. The lowest BCUT2D eigenvalue weighted by molar-refractivity contribution is -0.136. The predicted octanol–water partition coefficient (Wildman–Crippen LogP) is 2.20. The predicted molar refractivity (Wildman–Crippen MR) is 61.0 cm³/mol. The molecule has 0 aromatic heterocycles. The Kier molecular flexibility index (Phi) is 4.58. The summed E-state index contributed by atoms with van der Waals surface area (Å²) in [5.41, 5.74) is 0.347. The maximum Gasteiger partial charge on any atom is 0.305 e. The number of carbonyl (C=O) groups is 2. The zero-order valence-corrected chi connectivity index (χ0v) is 9.68. The molecule has 0 unspecified atom stereocenters. The molecule has 0 saturated carbocycles. The average molecular weight is 262 g/mol. The lowest BCUT2D eigenvalue weighted by Crippen LogP contribution is -2.25. The largest absolute Gasteiger partial charge is 0.481 e. The Morgan fingerprint density at radius 2 is 1.94 bits per heavy atom. The first kappa shape index (κ1) is 12.8. The molecule has 0 aliphatic heterocycles. The summed E-state index contributed by atoms with van der Waals surface area (Å²) in [6, 6.07) is 4.46. The van der Waals surface area contributed by atoms with Crippen molar-refractivity contribution in [1.29, 1.82) is 0 Å². The molecule has 1 rings (SSSR count). The lowest BCUT2D eigenvalue weighted by atomic mass is 10.2. The molecule has 16 heavy (non-hydrogen) atoms. The van der Waals surface area contributed by atoms with Crippen molar-refractivity contribution in [2.45, 2.75) is 6.42 Å². The highest BCUT2D eigenvalue weighted by molar-refractivity contribution is 6.42. The second-order valence-electron chi connectivity index (χ2n) is 3.03. The minimum atomic E-state index is -0.963. The van der Waals surface area contributed by atoms with Crippen LogP contribution < -0.4 is 5.32 Å². The summed E-state index contributed by atoms with van der Waals surface area (Å²) in [5, 5.41) is 11.5. The van der Waals surface area contributed by atoms with Crippen molar-refractivity contribution in [3.63, 3.8) is 0 Å². The van der Waals surface area contributed by atoms with Gasteiger partial charge in [0.15, 0.2) is 0 Å². The van der Waals surface area contributed by atoms with Crippen LogP contribution >= 0.6 is 23.2 Å². The van der Waals surface area contributed by atoms with E-state index >= 15 is 0 Å². The fourth-order valence-electron chi connectivity index (χ4n) is 1.02. The van der Waals surface area contributed by atoms with E-state index < -0.39 is 5.97 Å². The molecule has 1 aromatic carbocycles. The van der Waals surface area contributed by atoms with Crippen LogP contribution in [0.1, 0.15) is 16.8 Å². The fraction of sp³-hybridized carbons (Fsp3) is 0.200. The summed E-state index contributed by atoms with van der Waals surface area (Å²) in [6.45, 7) is 0.0778. The van der Waals surface area contributed by atoms with Gasteiger partial charge in [0.2, 0.25) is 0 Å². The van der Waals surface area contributed by atoms with Crippen LogP contribution in [0, 0.1) is 0 Å². The molecule has 6 heteroatoms. The zero-order valence-electron chi connectivity index (χ0n) is 8.17. The van der Waals surface area contributed by atoms with Gasteiger partial charge in [0.05, 0.1) is 16.5 Å². The van der Waals surface area contributed by atoms with Gasteiger partial charge in [0, 0.05) is 12.1 Å². The summed E-state index contributed by atoms with van der Waals surface area (Å²) in [6.07, 6.45) is -0.118. The Morgan fingerprint density at radius 3 is 2.50 bits per heavy atom. The standard InChI is InChI=1S/C10H9Cl2NO3/c11-7-2-1-6(5-8(7)12)10(16)13-4-3-9(14)15/h1-2,5H,3-4H2,(H,13,16)(H,14,15). The Labute approximate surface area is 102 Å². The molecule has 0 atom stereocenters. The molecule has 0 radical (unpaired) electrons. The van der Waals surface area contributed by atoms with Crippen molar-refractivity contribution in [2.75, 3.05) is 6.54 Å². The SMILES string of the molecule is O=C(O)CCNC(=O)c1ccc(Cl)c(Cl)c1. The number of carboxylic acids is 1. The minimum Gasteiger partial charge on any atom is -0.481 e. The number of benzene rings is 1. The third-order valence-electron chi connectivity index (χ3n) is 1.81. The van der Waals surface area contributed by atoms with Crippen molar-refractivity contribution < 1.29 is 14.7 Å². The van der Waals surface area contributed by atoms with Gasteiger partial charge in [-0.25, -0.2) is 0 Å². The Bertz CT molecular complexity index is 421. The van der Waals surface area contributed by atoms with Gasteiger partial charge in [-0.3, -0.25) is 9.59 Å². The lowest BCUT2D eigenvalue weighted by Gasteiger charge is -2.04. The van der Waals surface area contributed by atoms with Crippen LogP contribution in [0.5, 0.6) is 0 Å². The topological polar surface area (TPSA) is 66.4 Å². The minimum absolute atomic E-state index is 0.0778. The van der Waals surface area contributed by atoms with Crippen LogP contribution in [0.25, 0.3) is 0 Å². The first-order chi connectivity index (χ1) is 7.50. The van der Waals surface area contributed by atoms with Gasteiger partial charge in [-0.15, -0.1) is 0 Å². The molecule has 0 aliphatic rings. The van der Waals surface area contributed by atoms with Crippen molar-refractivity contribution in [3.05, 3.63) is 33.8 Å². The van der Waals surface area contributed by atoms with Crippen LogP contribution in [-0.2, 0) is 4.79 Å². The Balaban J connectivity index is 2.59. The molecule has 0 heterocycles. The number of carbonyl (C=O) groups excluding carboxylic acids is 1. The molecule has 0 saturated heterocycles. The molecule has 0 fully saturated rings. The van der Waals surface area contributed by atoms with Crippen LogP contribution in [0.2, 0.25) is 10.0 Å². The molecular formula is C10H9Cl2NO3. The maximum absolute atomic E-state index is 11.5. The summed E-state index contributed by atoms with van der Waals surface area (Å²) in [4.78, 5) is 21.7. The summed E-state index contributed by atoms with van der Waals surface area (Å²) >= 11 is 11.4. The van der Waals surface area contributed by atoms with Crippen molar-refractivity contribution >= 4 is 35.1 Å². The monoisotopic (exact) mass is 261 g/mol. The van der Waals surface area contributed by atoms with Crippen LogP contribution in [-0.4, -0.2) is 23.5 Å². The maximum atomic E-state index is 11.5. The van der Waals surface area contributed by atoms with Crippen molar-refractivity contribution in [1.82, 2.24) is 5.32 Å². The number of hydrogen-bond donors (Lipinski definition) is 2. The summed E-state index contributed by atoms with van der Waals surface area (Å²) < 4.78 is 0. The molecule has 2 N–H and O–H groups in total. The van der Waals surface area contributed by atoms with Gasteiger partial charge in [0.25, 0.3) is 5.91 Å². The van der Waals surface area contributed by atoms with Gasteiger partial charge < -0.3 is 10.4 Å². The first-order valence-corrected chi connectivity index (χ1v) is 5.21. The van der Waals surface area contributed by atoms with E-state index in [1.165, 1.54) is 18.2 Å². The fourth-order valence-corrected chi connectivity index (χ4v) is 1.32. The first-order valence-electron chi connectivity index (χ1n) is 4.45. The average Bonchev–Trinajstić information content (AvgIpc) is 2.21. The molecule has 4 nitrogen and oxygen atoms in total. The number of rotatable bonds is 4. The third kappa shape index (κ3) is 3.72. The van der Waals surface area contributed by atoms with Gasteiger partial charge in [-0.2, -0.15) is 0 Å². The number of halogens is 2. The van der Waals surface area contributed by atoms with Gasteiger partial charge in [-0.1, -0.05) is 23.2 Å². The van der Waals surface area contributed by atoms with E-state index in [4.69, 9.17) is 28.3 Å². The van der Waals surface area contributed by atoms with Crippen LogP contribution in [0.4, 0.5) is 0 Å². The summed E-state index contributed by atoms with van der Waals surface area (Å²) in [7, 11) is 0. The number of aliphatic carboxylic acids is 1. The summed E-state index contributed by atoms with van der Waals surface area (Å²) in [5.74, 6) is -1.34. The highest BCUT2D eigenvalue weighted by atomic mass is 35.5. The van der Waals surface area contributed by atoms with E-state index in [1.807, 2.05) is 0 Å². The second kappa shape index (κ2) is 5.72. The van der Waals surface area contributed by atoms with E-state index in [9.17, 15) is 9.59 Å². The Hall–Kier alpha value is -1.26. The van der Waals surface area contributed by atoms with E-state index in [1.54, 1.807) is 0 Å². The van der Waals surface area contributed by atoms with E-state index in [-0.39, 0.29) is 23.9 Å². The highest BCUT2D eigenvalue weighted by Crippen LogP contribution is 2.22. The van der Waals surface area contributed by atoms with Crippen LogP contribution in [0.3, 0.4) is 0 Å². The van der Waals surface area contributed by atoms with E-state index in [0.717, 1.165) is 0 Å². The molecular weight excluding hydrogens is 253 g/mol. The molecule has 0 spiro atoms. The number of carboxylic acid groups (broad SMARTS) is 1. The van der Waals surface area contributed by atoms with Gasteiger partial charge >= 0.3 is 5.97 Å². The smallest absolute Gasteiger partial charge is 0.305 e. The van der Waals surface area contributed by atoms with Gasteiger partial charge in [0.1, 0.15) is 0 Å². The molecule has 0 bridgehead atoms. The highest BCUT2D eigenvalue weighted by Gasteiger charge is 2.07. The van der Waals surface area contributed by atoms with Crippen molar-refractivity contribution in [3.8, 4) is 0 Å².